The zero-order valence-electron chi connectivity index (χ0n) is 7.94. The van der Waals surface area contributed by atoms with Crippen LogP contribution in [0.4, 0.5) is 19.0 Å². The first-order valence-electron chi connectivity index (χ1n) is 4.36. The van der Waals surface area contributed by atoms with E-state index >= 15 is 0 Å². The summed E-state index contributed by atoms with van der Waals surface area (Å²) < 4.78 is 38.1. The summed E-state index contributed by atoms with van der Waals surface area (Å²) in [6.45, 7) is 0. The van der Waals surface area contributed by atoms with Crippen LogP contribution >= 0.6 is 0 Å². The molecule has 4 nitrogen and oxygen atoms in total. The van der Waals surface area contributed by atoms with Crippen LogP contribution < -0.4 is 5.43 Å². The molecule has 84 valence electrons. The van der Waals surface area contributed by atoms with Crippen molar-refractivity contribution in [1.82, 2.24) is 14.9 Å². The van der Waals surface area contributed by atoms with Crippen molar-refractivity contribution in [1.29, 1.82) is 0 Å². The quantitative estimate of drug-likeness (QED) is 0.856. The molecule has 16 heavy (non-hydrogen) atoms. The van der Waals surface area contributed by atoms with E-state index in [1.807, 2.05) is 0 Å². The van der Waals surface area contributed by atoms with Crippen LogP contribution in [0, 0.1) is 0 Å². The molecule has 1 N–H and O–H groups in total. The molecular formula is C9H7F3N4. The molecule has 0 saturated carbocycles. The van der Waals surface area contributed by atoms with E-state index in [-0.39, 0.29) is 5.82 Å². The number of hydrogen-bond acceptors (Lipinski definition) is 3. The lowest BCUT2D eigenvalue weighted by molar-refractivity contribution is -0.141. The maximum atomic E-state index is 12.2. The number of nitrogens with one attached hydrogen (secondary N) is 1. The van der Waals surface area contributed by atoms with Crippen LogP contribution in [-0.4, -0.2) is 14.9 Å². The Balaban J connectivity index is 2.14. The van der Waals surface area contributed by atoms with E-state index in [2.05, 4.69) is 15.6 Å². The van der Waals surface area contributed by atoms with Crippen LogP contribution in [0.3, 0.4) is 0 Å². The molecule has 0 saturated heterocycles. The summed E-state index contributed by atoms with van der Waals surface area (Å²) in [5, 5.41) is 6.50. The van der Waals surface area contributed by atoms with Crippen molar-refractivity contribution in [2.24, 2.45) is 0 Å². The van der Waals surface area contributed by atoms with Crippen molar-refractivity contribution < 1.29 is 13.2 Å². The molecule has 0 bridgehead atoms. The number of nitrogens with zero attached hydrogens (tertiary/aromatic N) is 3. The van der Waals surface area contributed by atoms with E-state index in [1.165, 1.54) is 6.07 Å². The van der Waals surface area contributed by atoms with Gasteiger partial charge in [-0.25, -0.2) is 0 Å². The van der Waals surface area contributed by atoms with E-state index in [0.717, 1.165) is 6.07 Å². The lowest BCUT2D eigenvalue weighted by atomic mass is 10.4. The van der Waals surface area contributed by atoms with Crippen LogP contribution in [0.5, 0.6) is 0 Å². The van der Waals surface area contributed by atoms with E-state index in [1.54, 1.807) is 29.2 Å². The molecule has 0 unspecified atom stereocenters. The van der Waals surface area contributed by atoms with E-state index in [9.17, 15) is 13.2 Å². The minimum Gasteiger partial charge on any atom is -0.277 e. The number of hydrogen-bond donors (Lipinski definition) is 1. The van der Waals surface area contributed by atoms with Gasteiger partial charge in [-0.3, -0.25) is 10.1 Å². The van der Waals surface area contributed by atoms with Gasteiger partial charge in [0.25, 0.3) is 0 Å². The smallest absolute Gasteiger partial charge is 0.277 e. The average molecular weight is 228 g/mol. The normalized spacial score (nSPS) is 11.4. The standard InChI is InChI=1S/C9H7F3N4/c10-9(11,12)7-3-4-8(14-13-7)15-16-5-1-2-6-16/h1-6H,(H,14,15). The summed E-state index contributed by atoms with van der Waals surface area (Å²) in [6, 6.07) is 5.63. The number of rotatable bonds is 2. The van der Waals surface area contributed by atoms with Gasteiger partial charge in [0, 0.05) is 12.4 Å². The maximum Gasteiger partial charge on any atom is 0.435 e. The third kappa shape index (κ3) is 2.30. The van der Waals surface area contributed by atoms with Crippen LogP contribution in [0.15, 0.2) is 36.7 Å². The van der Waals surface area contributed by atoms with Gasteiger partial charge in [-0.1, -0.05) is 0 Å². The Morgan fingerprint density at radius 2 is 1.75 bits per heavy atom. The van der Waals surface area contributed by atoms with Crippen molar-refractivity contribution in [2.75, 3.05) is 5.43 Å². The summed E-state index contributed by atoms with van der Waals surface area (Å²) in [5.74, 6) is 0.240. The van der Waals surface area contributed by atoms with Crippen molar-refractivity contribution in [3.63, 3.8) is 0 Å². The fourth-order valence-electron chi connectivity index (χ4n) is 1.08. The SMILES string of the molecule is FC(F)(F)c1ccc(Nn2cccc2)nn1. The molecule has 0 aliphatic carbocycles. The molecule has 0 amide bonds. The Morgan fingerprint density at radius 3 is 2.25 bits per heavy atom. The van der Waals surface area contributed by atoms with Gasteiger partial charge in [-0.15, -0.1) is 10.2 Å². The Bertz CT molecular complexity index is 447. The number of anilines is 1. The van der Waals surface area contributed by atoms with E-state index < -0.39 is 11.9 Å². The molecule has 0 radical (unpaired) electrons. The van der Waals surface area contributed by atoms with Crippen LogP contribution in [0.25, 0.3) is 0 Å². The highest BCUT2D eigenvalue weighted by Gasteiger charge is 2.32. The first-order chi connectivity index (χ1) is 7.55. The molecule has 0 aromatic carbocycles. The van der Waals surface area contributed by atoms with Gasteiger partial charge in [-0.2, -0.15) is 13.2 Å². The first-order valence-corrected chi connectivity index (χ1v) is 4.36. The lowest BCUT2D eigenvalue weighted by Gasteiger charge is -2.07. The number of alkyl halides is 3. The van der Waals surface area contributed by atoms with Crippen LogP contribution in [0.1, 0.15) is 5.69 Å². The molecule has 0 fully saturated rings. The Labute approximate surface area is 88.7 Å². The largest absolute Gasteiger partial charge is 0.435 e. The summed E-state index contributed by atoms with van der Waals surface area (Å²) in [5.41, 5.74) is 1.73. The van der Waals surface area contributed by atoms with Crippen molar-refractivity contribution >= 4 is 5.82 Å². The first kappa shape index (κ1) is 10.5. The number of aromatic nitrogens is 3. The molecule has 0 aliphatic rings. The molecular weight excluding hydrogens is 221 g/mol. The van der Waals surface area contributed by atoms with E-state index in [0.29, 0.717) is 0 Å². The zero-order chi connectivity index (χ0) is 11.6. The van der Waals surface area contributed by atoms with Gasteiger partial charge in [0.2, 0.25) is 0 Å². The highest BCUT2D eigenvalue weighted by molar-refractivity contribution is 5.33. The van der Waals surface area contributed by atoms with Gasteiger partial charge in [0.1, 0.15) is 0 Å². The zero-order valence-corrected chi connectivity index (χ0v) is 7.94. The highest BCUT2D eigenvalue weighted by Crippen LogP contribution is 2.26. The minimum absolute atomic E-state index is 0.240. The molecule has 2 rings (SSSR count). The monoisotopic (exact) mass is 228 g/mol. The fraction of sp³-hybridized carbons (Fsp3) is 0.111. The Hall–Kier alpha value is -2.05. The third-order valence-corrected chi connectivity index (χ3v) is 1.80. The summed E-state index contributed by atoms with van der Waals surface area (Å²) >= 11 is 0. The van der Waals surface area contributed by atoms with Crippen LogP contribution in [-0.2, 0) is 6.18 Å². The van der Waals surface area contributed by atoms with Gasteiger partial charge in [0.15, 0.2) is 11.5 Å². The minimum atomic E-state index is -4.46. The predicted octanol–water partition coefficient (Wildman–Crippen LogP) is 2.17. The Morgan fingerprint density at radius 1 is 1.06 bits per heavy atom. The molecule has 2 aromatic heterocycles. The molecule has 7 heteroatoms. The second kappa shape index (κ2) is 3.84. The summed E-state index contributed by atoms with van der Waals surface area (Å²) in [4.78, 5) is 0. The van der Waals surface area contributed by atoms with Gasteiger partial charge >= 0.3 is 6.18 Å². The van der Waals surface area contributed by atoms with Gasteiger partial charge in [-0.05, 0) is 24.3 Å². The average Bonchev–Trinajstić information content (AvgIpc) is 2.70. The molecule has 0 spiro atoms. The van der Waals surface area contributed by atoms with Crippen molar-refractivity contribution in [3.05, 3.63) is 42.4 Å². The Kier molecular flexibility index (Phi) is 2.51. The number of halogens is 3. The summed E-state index contributed by atoms with van der Waals surface area (Å²) in [6.07, 6.45) is -1.07. The predicted molar refractivity (Wildman–Crippen MR) is 50.5 cm³/mol. The molecule has 2 aromatic rings. The van der Waals surface area contributed by atoms with Gasteiger partial charge < -0.3 is 0 Å². The second-order valence-corrected chi connectivity index (χ2v) is 3.00. The molecule has 0 atom stereocenters. The van der Waals surface area contributed by atoms with E-state index in [4.69, 9.17) is 0 Å². The molecule has 2 heterocycles. The highest BCUT2D eigenvalue weighted by atomic mass is 19.4. The second-order valence-electron chi connectivity index (χ2n) is 3.00. The van der Waals surface area contributed by atoms with Gasteiger partial charge in [0.05, 0.1) is 0 Å². The topological polar surface area (TPSA) is 42.7 Å². The third-order valence-electron chi connectivity index (χ3n) is 1.80. The van der Waals surface area contributed by atoms with Crippen molar-refractivity contribution in [2.45, 2.75) is 6.18 Å². The maximum absolute atomic E-state index is 12.2. The van der Waals surface area contributed by atoms with Crippen LogP contribution in [0.2, 0.25) is 0 Å². The summed E-state index contributed by atoms with van der Waals surface area (Å²) in [7, 11) is 0. The van der Waals surface area contributed by atoms with Crippen molar-refractivity contribution in [3.8, 4) is 0 Å². The lowest BCUT2D eigenvalue weighted by Crippen LogP contribution is -2.12. The fourth-order valence-corrected chi connectivity index (χ4v) is 1.08. The molecule has 0 aliphatic heterocycles.